The number of hydrogen-bond donors (Lipinski definition) is 2. The number of amides is 1. The van der Waals surface area contributed by atoms with Crippen LogP contribution in [0, 0.1) is 5.41 Å². The van der Waals surface area contributed by atoms with Gasteiger partial charge < -0.3 is 20.7 Å². The van der Waals surface area contributed by atoms with Crippen molar-refractivity contribution >= 4 is 23.1 Å². The van der Waals surface area contributed by atoms with Crippen molar-refractivity contribution in [2.45, 2.75) is 45.6 Å². The molecule has 0 aromatic rings. The minimum atomic E-state index is -0.706. The van der Waals surface area contributed by atoms with E-state index in [1.54, 1.807) is 0 Å². The van der Waals surface area contributed by atoms with Crippen molar-refractivity contribution in [3.05, 3.63) is 0 Å². The first kappa shape index (κ1) is 18.3. The molecule has 0 saturated carbocycles. The standard InChI is InChI=1S/C15H29N3O2S/c1-12(2)18(3)9-5-4-8-17-14(19)15(13(16)21)6-10-20-11-7-15/h12H,4-11H2,1-3H3,(H2,16,21)(H,17,19). The molecule has 1 amide bonds. The van der Waals surface area contributed by atoms with Gasteiger partial charge in [-0.05, 0) is 53.1 Å². The molecule has 0 bridgehead atoms. The van der Waals surface area contributed by atoms with Crippen LogP contribution in [0.5, 0.6) is 0 Å². The van der Waals surface area contributed by atoms with Crippen LogP contribution in [0.25, 0.3) is 0 Å². The topological polar surface area (TPSA) is 67.6 Å². The SMILES string of the molecule is CC(C)N(C)CCCCNC(=O)C1(C(N)=S)CCOCC1. The number of rotatable bonds is 8. The monoisotopic (exact) mass is 315 g/mol. The van der Waals surface area contributed by atoms with Crippen molar-refractivity contribution in [1.29, 1.82) is 0 Å². The van der Waals surface area contributed by atoms with E-state index in [1.165, 1.54) is 0 Å². The molecule has 0 spiro atoms. The molecule has 1 fully saturated rings. The molecule has 0 unspecified atom stereocenters. The zero-order valence-electron chi connectivity index (χ0n) is 13.5. The zero-order chi connectivity index (χ0) is 15.9. The highest BCUT2D eigenvalue weighted by Gasteiger charge is 2.42. The Hall–Kier alpha value is -0.720. The van der Waals surface area contributed by atoms with Gasteiger partial charge in [-0.2, -0.15) is 0 Å². The Balaban J connectivity index is 2.33. The summed E-state index contributed by atoms with van der Waals surface area (Å²) in [5, 5.41) is 3.00. The van der Waals surface area contributed by atoms with E-state index in [-0.39, 0.29) is 5.91 Å². The predicted molar refractivity (Wildman–Crippen MR) is 89.3 cm³/mol. The van der Waals surface area contributed by atoms with E-state index in [9.17, 15) is 4.79 Å². The predicted octanol–water partition coefficient (Wildman–Crippen LogP) is 1.31. The fourth-order valence-electron chi connectivity index (χ4n) is 2.42. The zero-order valence-corrected chi connectivity index (χ0v) is 14.3. The molecule has 1 aliphatic heterocycles. The highest BCUT2D eigenvalue weighted by Crippen LogP contribution is 2.31. The van der Waals surface area contributed by atoms with Crippen LogP contribution >= 0.6 is 12.2 Å². The van der Waals surface area contributed by atoms with Gasteiger partial charge >= 0.3 is 0 Å². The molecule has 1 heterocycles. The number of nitrogens with one attached hydrogen (secondary N) is 1. The fourth-order valence-corrected chi connectivity index (χ4v) is 2.72. The summed E-state index contributed by atoms with van der Waals surface area (Å²) in [7, 11) is 2.12. The Bertz CT molecular complexity index is 355. The average molecular weight is 315 g/mol. The Kier molecular flexibility index (Phi) is 7.56. The number of nitrogens with zero attached hydrogens (tertiary/aromatic N) is 1. The molecule has 5 nitrogen and oxygen atoms in total. The second-order valence-electron chi connectivity index (χ2n) is 6.10. The molecule has 3 N–H and O–H groups in total. The normalized spacial score (nSPS) is 18.0. The third-order valence-electron chi connectivity index (χ3n) is 4.36. The maximum absolute atomic E-state index is 12.4. The molecular formula is C15H29N3O2S. The maximum atomic E-state index is 12.4. The molecule has 1 rings (SSSR count). The van der Waals surface area contributed by atoms with Gasteiger partial charge in [0.05, 0.1) is 4.99 Å². The minimum Gasteiger partial charge on any atom is -0.392 e. The van der Waals surface area contributed by atoms with E-state index < -0.39 is 5.41 Å². The molecular weight excluding hydrogens is 286 g/mol. The van der Waals surface area contributed by atoms with Gasteiger partial charge in [0.15, 0.2) is 0 Å². The molecule has 0 radical (unpaired) electrons. The molecule has 6 heteroatoms. The molecule has 21 heavy (non-hydrogen) atoms. The third-order valence-corrected chi connectivity index (χ3v) is 4.75. The van der Waals surface area contributed by atoms with Gasteiger partial charge in [0.25, 0.3) is 0 Å². The maximum Gasteiger partial charge on any atom is 0.233 e. The largest absolute Gasteiger partial charge is 0.392 e. The van der Waals surface area contributed by atoms with Crippen molar-refractivity contribution < 1.29 is 9.53 Å². The molecule has 1 aliphatic rings. The molecule has 0 atom stereocenters. The summed E-state index contributed by atoms with van der Waals surface area (Å²) in [6, 6.07) is 0.555. The number of ether oxygens (including phenoxy) is 1. The average Bonchev–Trinajstić information content (AvgIpc) is 2.46. The van der Waals surface area contributed by atoms with Gasteiger partial charge in [-0.25, -0.2) is 0 Å². The quantitative estimate of drug-likeness (QED) is 0.522. The summed E-state index contributed by atoms with van der Waals surface area (Å²) in [6.45, 7) is 7.17. The number of carbonyl (C=O) groups is 1. The summed E-state index contributed by atoms with van der Waals surface area (Å²) in [5.74, 6) is -0.0319. The van der Waals surface area contributed by atoms with Gasteiger partial charge in [-0.15, -0.1) is 0 Å². The molecule has 0 aromatic carbocycles. The number of carbonyl (C=O) groups excluding carboxylic acids is 1. The highest BCUT2D eigenvalue weighted by molar-refractivity contribution is 7.80. The van der Waals surface area contributed by atoms with Crippen molar-refractivity contribution in [2.24, 2.45) is 11.1 Å². The van der Waals surface area contributed by atoms with Gasteiger partial charge in [-0.1, -0.05) is 12.2 Å². The van der Waals surface area contributed by atoms with Gasteiger partial charge in [0.2, 0.25) is 5.91 Å². The van der Waals surface area contributed by atoms with E-state index in [1.807, 2.05) is 0 Å². The van der Waals surface area contributed by atoms with Gasteiger partial charge in [0, 0.05) is 25.8 Å². The Labute approximate surface area is 133 Å². The van der Waals surface area contributed by atoms with Gasteiger partial charge in [-0.3, -0.25) is 4.79 Å². The van der Waals surface area contributed by atoms with Crippen LogP contribution < -0.4 is 11.1 Å². The molecule has 0 aliphatic carbocycles. The Morgan fingerprint density at radius 1 is 1.38 bits per heavy atom. The lowest BCUT2D eigenvalue weighted by Crippen LogP contribution is -2.52. The molecule has 0 aromatic heterocycles. The minimum absolute atomic E-state index is 0.0319. The van der Waals surface area contributed by atoms with Crippen LogP contribution in [0.15, 0.2) is 0 Å². The lowest BCUT2D eigenvalue weighted by Gasteiger charge is -2.34. The smallest absolute Gasteiger partial charge is 0.233 e. The number of nitrogens with two attached hydrogens (primary N) is 1. The van der Waals surface area contributed by atoms with Crippen LogP contribution in [-0.4, -0.2) is 55.2 Å². The van der Waals surface area contributed by atoms with Crippen molar-refractivity contribution in [1.82, 2.24) is 10.2 Å². The Morgan fingerprint density at radius 2 is 2.00 bits per heavy atom. The third kappa shape index (κ3) is 5.20. The van der Waals surface area contributed by atoms with Crippen molar-refractivity contribution in [2.75, 3.05) is 33.4 Å². The van der Waals surface area contributed by atoms with Crippen LogP contribution in [0.2, 0.25) is 0 Å². The lowest BCUT2D eigenvalue weighted by atomic mass is 9.79. The number of thiocarbonyl (C=S) groups is 1. The van der Waals surface area contributed by atoms with E-state index in [0.717, 1.165) is 19.4 Å². The van der Waals surface area contributed by atoms with Crippen molar-refractivity contribution in [3.63, 3.8) is 0 Å². The summed E-state index contributed by atoms with van der Waals surface area (Å²) < 4.78 is 5.32. The van der Waals surface area contributed by atoms with Gasteiger partial charge in [0.1, 0.15) is 5.41 Å². The Morgan fingerprint density at radius 3 is 2.52 bits per heavy atom. The van der Waals surface area contributed by atoms with Crippen LogP contribution in [-0.2, 0) is 9.53 Å². The lowest BCUT2D eigenvalue weighted by molar-refractivity contribution is -0.131. The number of hydrogen-bond acceptors (Lipinski definition) is 4. The summed E-state index contributed by atoms with van der Waals surface area (Å²) >= 11 is 5.12. The van der Waals surface area contributed by atoms with E-state index in [2.05, 4.69) is 31.1 Å². The van der Waals surface area contributed by atoms with E-state index >= 15 is 0 Å². The summed E-state index contributed by atoms with van der Waals surface area (Å²) in [4.78, 5) is 15.0. The second kappa shape index (κ2) is 8.66. The first-order chi connectivity index (χ1) is 9.90. The van der Waals surface area contributed by atoms with Crippen molar-refractivity contribution in [3.8, 4) is 0 Å². The fraction of sp³-hybridized carbons (Fsp3) is 0.867. The first-order valence-electron chi connectivity index (χ1n) is 7.76. The van der Waals surface area contributed by atoms with Crippen LogP contribution in [0.3, 0.4) is 0 Å². The van der Waals surface area contributed by atoms with E-state index in [4.69, 9.17) is 22.7 Å². The number of unbranched alkanes of at least 4 members (excludes halogenated alkanes) is 1. The first-order valence-corrected chi connectivity index (χ1v) is 8.17. The molecule has 122 valence electrons. The molecule has 1 saturated heterocycles. The van der Waals surface area contributed by atoms with Crippen LogP contribution in [0.4, 0.5) is 0 Å². The van der Waals surface area contributed by atoms with Crippen LogP contribution in [0.1, 0.15) is 39.5 Å². The summed E-state index contributed by atoms with van der Waals surface area (Å²) in [5.41, 5.74) is 5.11. The van der Waals surface area contributed by atoms with E-state index in [0.29, 0.717) is 43.6 Å². The summed E-state index contributed by atoms with van der Waals surface area (Å²) in [6.07, 6.45) is 3.21. The second-order valence-corrected chi connectivity index (χ2v) is 6.54. The highest BCUT2D eigenvalue weighted by atomic mass is 32.1.